The van der Waals surface area contributed by atoms with Crippen LogP contribution in [0, 0.1) is 11.8 Å². The maximum absolute atomic E-state index is 14.2. The Labute approximate surface area is 119 Å². The fraction of sp³-hybridized carbons (Fsp3) is 0.133. The maximum atomic E-state index is 14.2. The van der Waals surface area contributed by atoms with Crippen LogP contribution in [0.2, 0.25) is 0 Å². The van der Waals surface area contributed by atoms with Gasteiger partial charge in [-0.05, 0) is 18.2 Å². The molecule has 1 aliphatic heterocycles. The summed E-state index contributed by atoms with van der Waals surface area (Å²) in [7, 11) is 0. The van der Waals surface area contributed by atoms with E-state index >= 15 is 0 Å². The molecule has 0 radical (unpaired) electrons. The van der Waals surface area contributed by atoms with E-state index in [9.17, 15) is 13.6 Å². The van der Waals surface area contributed by atoms with Crippen LogP contribution in [0.25, 0.3) is 11.1 Å². The molecule has 4 nitrogen and oxygen atoms in total. The van der Waals surface area contributed by atoms with Crippen LogP contribution in [-0.2, 0) is 4.79 Å². The Morgan fingerprint density at radius 2 is 1.95 bits per heavy atom. The van der Waals surface area contributed by atoms with Crippen LogP contribution in [0.15, 0.2) is 41.6 Å². The van der Waals surface area contributed by atoms with E-state index in [-0.39, 0.29) is 17.0 Å². The average molecular weight is 287 g/mol. The van der Waals surface area contributed by atoms with Crippen LogP contribution in [0.1, 0.15) is 18.4 Å². The van der Waals surface area contributed by atoms with E-state index in [1.807, 2.05) is 0 Å². The first-order valence-electron chi connectivity index (χ1n) is 6.41. The van der Waals surface area contributed by atoms with Gasteiger partial charge in [-0.1, -0.05) is 12.1 Å². The van der Waals surface area contributed by atoms with Gasteiger partial charge in [0.25, 0.3) is 0 Å². The van der Waals surface area contributed by atoms with Crippen molar-refractivity contribution < 1.29 is 13.6 Å². The molecule has 0 unspecified atom stereocenters. The first-order chi connectivity index (χ1) is 10.1. The summed E-state index contributed by atoms with van der Waals surface area (Å²) in [6.07, 6.45) is 2.08. The summed E-state index contributed by atoms with van der Waals surface area (Å²) in [5.74, 6) is -1.43. The highest BCUT2D eigenvalue weighted by Gasteiger charge is 2.16. The summed E-state index contributed by atoms with van der Waals surface area (Å²) in [6.45, 7) is 0. The Balaban J connectivity index is 1.97. The molecule has 0 saturated heterocycles. The Morgan fingerprint density at radius 3 is 2.62 bits per heavy atom. The molecule has 1 aromatic carbocycles. The number of benzene rings is 1. The number of nitrogens with zero attached hydrogens (tertiary/aromatic N) is 2. The van der Waals surface area contributed by atoms with E-state index in [1.54, 1.807) is 12.1 Å². The molecule has 0 saturated carbocycles. The van der Waals surface area contributed by atoms with Gasteiger partial charge in [-0.3, -0.25) is 4.79 Å². The highest BCUT2D eigenvalue weighted by molar-refractivity contribution is 6.04. The van der Waals surface area contributed by atoms with E-state index in [0.717, 1.165) is 0 Å². The molecule has 3 rings (SSSR count). The zero-order valence-electron chi connectivity index (χ0n) is 10.9. The topological polar surface area (TPSA) is 54.4 Å². The predicted octanol–water partition coefficient (Wildman–Crippen LogP) is 2.64. The van der Waals surface area contributed by atoms with Crippen LogP contribution in [0.3, 0.4) is 0 Å². The number of carbonyl (C=O) groups excluding carboxylic acids is 1. The molecule has 21 heavy (non-hydrogen) atoms. The van der Waals surface area contributed by atoms with Crippen molar-refractivity contribution in [3.05, 3.63) is 53.9 Å². The van der Waals surface area contributed by atoms with Gasteiger partial charge in [0.1, 0.15) is 5.82 Å². The molecule has 6 heteroatoms. The van der Waals surface area contributed by atoms with Crippen molar-refractivity contribution in [3.63, 3.8) is 0 Å². The van der Waals surface area contributed by atoms with Crippen LogP contribution >= 0.6 is 0 Å². The molecule has 1 aromatic heterocycles. The lowest BCUT2D eigenvalue weighted by Gasteiger charge is -2.13. The molecule has 0 fully saturated rings. The molecular formula is C15H11F2N3O. The minimum absolute atomic E-state index is 0.112. The highest BCUT2D eigenvalue weighted by atomic mass is 19.1. The normalized spacial score (nSPS) is 14.6. The Bertz CT molecular complexity index is 743. The lowest BCUT2D eigenvalue weighted by molar-refractivity contribution is -0.121. The van der Waals surface area contributed by atoms with Gasteiger partial charge in [0.05, 0.1) is 5.71 Å². The molecule has 0 aliphatic carbocycles. The molecule has 1 aliphatic rings. The quantitative estimate of drug-likeness (QED) is 0.863. The summed E-state index contributed by atoms with van der Waals surface area (Å²) < 4.78 is 27.8. The second-order valence-corrected chi connectivity index (χ2v) is 4.63. The van der Waals surface area contributed by atoms with E-state index in [2.05, 4.69) is 15.5 Å². The van der Waals surface area contributed by atoms with Crippen molar-refractivity contribution in [2.24, 2.45) is 5.10 Å². The minimum atomic E-state index is -0.716. The number of nitrogens with one attached hydrogen (secondary N) is 1. The van der Waals surface area contributed by atoms with Gasteiger partial charge < -0.3 is 0 Å². The second-order valence-electron chi connectivity index (χ2n) is 4.63. The van der Waals surface area contributed by atoms with Crippen molar-refractivity contribution in [1.29, 1.82) is 0 Å². The summed E-state index contributed by atoms with van der Waals surface area (Å²) >= 11 is 0. The zero-order chi connectivity index (χ0) is 14.8. The molecule has 2 aromatic rings. The average Bonchev–Trinajstić information content (AvgIpc) is 2.49. The summed E-state index contributed by atoms with van der Waals surface area (Å²) in [5.41, 5.74) is 3.79. The first kappa shape index (κ1) is 13.4. The van der Waals surface area contributed by atoms with Crippen LogP contribution in [0.5, 0.6) is 0 Å². The number of hydrazone groups is 1. The van der Waals surface area contributed by atoms with Gasteiger partial charge in [-0.25, -0.2) is 14.8 Å². The van der Waals surface area contributed by atoms with Crippen molar-refractivity contribution in [2.45, 2.75) is 12.8 Å². The molecule has 106 valence electrons. The Hall–Kier alpha value is -2.63. The van der Waals surface area contributed by atoms with Gasteiger partial charge in [0.2, 0.25) is 11.9 Å². The SMILES string of the molecule is O=C1CCC(c2ccc(-c3cccnc3F)c(F)c2)=NN1. The van der Waals surface area contributed by atoms with E-state index in [4.69, 9.17) is 0 Å². The van der Waals surface area contributed by atoms with Crippen LogP contribution < -0.4 is 5.43 Å². The Kier molecular flexibility index (Phi) is 3.43. The zero-order valence-corrected chi connectivity index (χ0v) is 10.9. The van der Waals surface area contributed by atoms with E-state index in [1.165, 1.54) is 24.4 Å². The number of hydrogen-bond acceptors (Lipinski definition) is 3. The summed E-state index contributed by atoms with van der Waals surface area (Å²) in [5, 5.41) is 3.91. The second kappa shape index (κ2) is 5.40. The number of pyridine rings is 1. The van der Waals surface area contributed by atoms with E-state index < -0.39 is 11.8 Å². The molecular weight excluding hydrogens is 276 g/mol. The molecule has 2 heterocycles. The van der Waals surface area contributed by atoms with Gasteiger partial charge >= 0.3 is 0 Å². The molecule has 0 atom stereocenters. The standard InChI is InChI=1S/C15H11F2N3O/c16-12-8-9(13-5-6-14(21)20-19-13)3-4-10(12)11-2-1-7-18-15(11)17/h1-4,7-8H,5-6H2,(H,20,21). The smallest absolute Gasteiger partial charge is 0.240 e. The number of carbonyl (C=O) groups is 1. The number of aromatic nitrogens is 1. The van der Waals surface area contributed by atoms with Gasteiger partial charge in [0, 0.05) is 35.7 Å². The highest BCUT2D eigenvalue weighted by Crippen LogP contribution is 2.26. The third-order valence-electron chi connectivity index (χ3n) is 3.26. The minimum Gasteiger partial charge on any atom is -0.273 e. The lowest BCUT2D eigenvalue weighted by Crippen LogP contribution is -2.25. The largest absolute Gasteiger partial charge is 0.273 e. The van der Waals surface area contributed by atoms with Gasteiger partial charge in [-0.2, -0.15) is 9.49 Å². The van der Waals surface area contributed by atoms with Gasteiger partial charge in [0.15, 0.2) is 0 Å². The number of halogens is 2. The van der Waals surface area contributed by atoms with Crippen molar-refractivity contribution in [1.82, 2.24) is 10.4 Å². The number of rotatable bonds is 2. The maximum Gasteiger partial charge on any atom is 0.240 e. The fourth-order valence-corrected chi connectivity index (χ4v) is 2.18. The summed E-state index contributed by atoms with van der Waals surface area (Å²) in [4.78, 5) is 14.6. The van der Waals surface area contributed by atoms with E-state index in [0.29, 0.717) is 24.1 Å². The van der Waals surface area contributed by atoms with Crippen molar-refractivity contribution >= 4 is 11.6 Å². The first-order valence-corrected chi connectivity index (χ1v) is 6.41. The molecule has 1 N–H and O–H groups in total. The Morgan fingerprint density at radius 1 is 1.10 bits per heavy atom. The third-order valence-corrected chi connectivity index (χ3v) is 3.26. The van der Waals surface area contributed by atoms with Crippen LogP contribution in [0.4, 0.5) is 8.78 Å². The number of hydrogen-bond donors (Lipinski definition) is 1. The predicted molar refractivity (Wildman–Crippen MR) is 73.5 cm³/mol. The third kappa shape index (κ3) is 2.65. The lowest BCUT2D eigenvalue weighted by atomic mass is 10.00. The number of amides is 1. The van der Waals surface area contributed by atoms with Crippen molar-refractivity contribution in [3.8, 4) is 11.1 Å². The van der Waals surface area contributed by atoms with Gasteiger partial charge in [-0.15, -0.1) is 0 Å². The molecule has 0 spiro atoms. The summed E-state index contributed by atoms with van der Waals surface area (Å²) in [6, 6.07) is 7.45. The molecule has 1 amide bonds. The van der Waals surface area contributed by atoms with Crippen molar-refractivity contribution in [2.75, 3.05) is 0 Å². The monoisotopic (exact) mass is 287 g/mol. The van der Waals surface area contributed by atoms with Crippen LogP contribution in [-0.4, -0.2) is 16.6 Å². The fourth-order valence-electron chi connectivity index (χ4n) is 2.18. The molecule has 0 bridgehead atoms.